The van der Waals surface area contributed by atoms with Crippen LogP contribution in [0.25, 0.3) is 0 Å². The number of amides is 2. The van der Waals surface area contributed by atoms with Gasteiger partial charge in [0.15, 0.2) is 0 Å². The largest absolute Gasteiger partial charge is 0.336 e. The smallest absolute Gasteiger partial charge is 0.238 e. The summed E-state index contributed by atoms with van der Waals surface area (Å²) in [6.07, 6.45) is 1.83. The predicted molar refractivity (Wildman–Crippen MR) is 104 cm³/mol. The van der Waals surface area contributed by atoms with E-state index >= 15 is 0 Å². The highest BCUT2D eigenvalue weighted by molar-refractivity contribution is 6.30. The Morgan fingerprint density at radius 1 is 1.04 bits per heavy atom. The second kappa shape index (κ2) is 10.4. The van der Waals surface area contributed by atoms with Gasteiger partial charge in [0.1, 0.15) is 0 Å². The maximum atomic E-state index is 12.7. The second-order valence-electron chi connectivity index (χ2n) is 6.54. The van der Waals surface area contributed by atoms with Gasteiger partial charge in [0.05, 0.1) is 13.1 Å². The van der Waals surface area contributed by atoms with Gasteiger partial charge < -0.3 is 10.2 Å². The van der Waals surface area contributed by atoms with Crippen LogP contribution >= 0.6 is 11.6 Å². The molecule has 0 aliphatic heterocycles. The molecule has 1 rings (SSSR count). The van der Waals surface area contributed by atoms with Crippen LogP contribution in [0.2, 0.25) is 5.02 Å². The molecule has 1 aromatic carbocycles. The highest BCUT2D eigenvalue weighted by Gasteiger charge is 2.24. The molecule has 0 fully saturated rings. The zero-order valence-corrected chi connectivity index (χ0v) is 16.6. The van der Waals surface area contributed by atoms with E-state index < -0.39 is 0 Å². The normalized spacial score (nSPS) is 13.4. The Bertz CT molecular complexity index is 552. The predicted octanol–water partition coefficient (Wildman–Crippen LogP) is 3.64. The first-order valence-corrected chi connectivity index (χ1v) is 9.21. The number of halogens is 1. The zero-order valence-electron chi connectivity index (χ0n) is 15.9. The Balaban J connectivity index is 2.58. The van der Waals surface area contributed by atoms with Crippen LogP contribution in [-0.4, -0.2) is 53.8 Å². The fourth-order valence-corrected chi connectivity index (χ4v) is 2.79. The van der Waals surface area contributed by atoms with E-state index in [-0.39, 0.29) is 37.0 Å². The van der Waals surface area contributed by atoms with Crippen LogP contribution in [0.1, 0.15) is 40.5 Å². The quantitative estimate of drug-likeness (QED) is 0.725. The standard InChI is InChI=1S/C19H30ClN3O2/c1-6-14(3)23(15(4)7-2)19(25)13-22(5)12-18(24)21-17-10-8-16(20)9-11-17/h8-11,14-15H,6-7,12-13H2,1-5H3,(H,21,24)/t14-,15-/m1/s1. The summed E-state index contributed by atoms with van der Waals surface area (Å²) in [4.78, 5) is 28.5. The number of hydrogen-bond donors (Lipinski definition) is 1. The Labute approximate surface area is 156 Å². The van der Waals surface area contributed by atoms with Crippen molar-refractivity contribution in [3.8, 4) is 0 Å². The number of nitrogens with zero attached hydrogens (tertiary/aromatic N) is 2. The second-order valence-corrected chi connectivity index (χ2v) is 6.98. The van der Waals surface area contributed by atoms with Crippen LogP contribution in [0.5, 0.6) is 0 Å². The van der Waals surface area contributed by atoms with Gasteiger partial charge in [0.25, 0.3) is 0 Å². The summed E-state index contributed by atoms with van der Waals surface area (Å²) < 4.78 is 0. The zero-order chi connectivity index (χ0) is 19.0. The molecular formula is C19H30ClN3O2. The fraction of sp³-hybridized carbons (Fsp3) is 0.579. The molecule has 2 atom stereocenters. The highest BCUT2D eigenvalue weighted by atomic mass is 35.5. The number of anilines is 1. The summed E-state index contributed by atoms with van der Waals surface area (Å²) in [6.45, 7) is 8.67. The molecule has 0 aliphatic rings. The Morgan fingerprint density at radius 3 is 2.04 bits per heavy atom. The number of benzene rings is 1. The van der Waals surface area contributed by atoms with Crippen molar-refractivity contribution in [3.05, 3.63) is 29.3 Å². The Morgan fingerprint density at radius 2 is 1.56 bits per heavy atom. The lowest BCUT2D eigenvalue weighted by Gasteiger charge is -2.35. The minimum Gasteiger partial charge on any atom is -0.336 e. The molecule has 0 spiro atoms. The molecule has 0 radical (unpaired) electrons. The summed E-state index contributed by atoms with van der Waals surface area (Å²) in [5, 5.41) is 3.43. The van der Waals surface area contributed by atoms with Gasteiger partial charge in [-0.3, -0.25) is 14.5 Å². The van der Waals surface area contributed by atoms with Gasteiger partial charge in [-0.25, -0.2) is 0 Å². The summed E-state index contributed by atoms with van der Waals surface area (Å²) in [7, 11) is 1.78. The number of rotatable bonds is 9. The van der Waals surface area contributed by atoms with Gasteiger partial charge in [-0.1, -0.05) is 25.4 Å². The van der Waals surface area contributed by atoms with Gasteiger partial charge >= 0.3 is 0 Å². The third-order valence-corrected chi connectivity index (χ3v) is 4.62. The molecule has 6 heteroatoms. The third-order valence-electron chi connectivity index (χ3n) is 4.37. The third kappa shape index (κ3) is 7.04. The molecule has 25 heavy (non-hydrogen) atoms. The Hall–Kier alpha value is -1.59. The van der Waals surface area contributed by atoms with E-state index in [0.29, 0.717) is 10.7 Å². The topological polar surface area (TPSA) is 52.7 Å². The van der Waals surface area contributed by atoms with Crippen molar-refractivity contribution in [1.29, 1.82) is 0 Å². The van der Waals surface area contributed by atoms with Crippen LogP contribution in [0.4, 0.5) is 5.69 Å². The van der Waals surface area contributed by atoms with E-state index in [1.54, 1.807) is 36.2 Å². The van der Waals surface area contributed by atoms with Gasteiger partial charge in [0.2, 0.25) is 11.8 Å². The summed E-state index contributed by atoms with van der Waals surface area (Å²) in [6, 6.07) is 7.33. The van der Waals surface area contributed by atoms with Crippen LogP contribution < -0.4 is 5.32 Å². The van der Waals surface area contributed by atoms with Crippen LogP contribution in [0.3, 0.4) is 0 Å². The van der Waals surface area contributed by atoms with Crippen LogP contribution in [0.15, 0.2) is 24.3 Å². The fourth-order valence-electron chi connectivity index (χ4n) is 2.67. The lowest BCUT2D eigenvalue weighted by molar-refractivity contribution is -0.136. The average Bonchev–Trinajstić information content (AvgIpc) is 2.56. The van der Waals surface area contributed by atoms with Crippen molar-refractivity contribution in [3.63, 3.8) is 0 Å². The first kappa shape index (κ1) is 21.5. The minimum absolute atomic E-state index is 0.0606. The van der Waals surface area contributed by atoms with Crippen molar-refractivity contribution in [1.82, 2.24) is 9.80 Å². The maximum absolute atomic E-state index is 12.7. The molecule has 1 N–H and O–H groups in total. The number of carbonyl (C=O) groups excluding carboxylic acids is 2. The van der Waals surface area contributed by atoms with Crippen molar-refractivity contribution in [2.45, 2.75) is 52.6 Å². The van der Waals surface area contributed by atoms with E-state index in [4.69, 9.17) is 11.6 Å². The molecule has 0 saturated carbocycles. The first-order valence-electron chi connectivity index (χ1n) is 8.83. The van der Waals surface area contributed by atoms with Crippen LogP contribution in [0, 0.1) is 0 Å². The van der Waals surface area contributed by atoms with Gasteiger partial charge in [-0.2, -0.15) is 0 Å². The van der Waals surface area contributed by atoms with Gasteiger partial charge in [-0.15, -0.1) is 0 Å². The molecule has 5 nitrogen and oxygen atoms in total. The molecular weight excluding hydrogens is 338 g/mol. The van der Waals surface area contributed by atoms with Crippen LogP contribution in [-0.2, 0) is 9.59 Å². The van der Waals surface area contributed by atoms with Crippen molar-refractivity contribution >= 4 is 29.1 Å². The first-order chi connectivity index (χ1) is 11.8. The molecule has 1 aromatic rings. The van der Waals surface area contributed by atoms with Gasteiger partial charge in [0, 0.05) is 22.8 Å². The van der Waals surface area contributed by atoms with E-state index in [2.05, 4.69) is 33.0 Å². The lowest BCUT2D eigenvalue weighted by Crippen LogP contribution is -2.49. The number of hydrogen-bond acceptors (Lipinski definition) is 3. The molecule has 0 aliphatic carbocycles. The summed E-state index contributed by atoms with van der Waals surface area (Å²) >= 11 is 5.83. The molecule has 0 bridgehead atoms. The summed E-state index contributed by atoms with van der Waals surface area (Å²) in [5.41, 5.74) is 0.690. The average molecular weight is 368 g/mol. The number of likely N-dealkylation sites (N-methyl/N-ethyl adjacent to an activating group) is 1. The minimum atomic E-state index is -0.156. The monoisotopic (exact) mass is 367 g/mol. The molecule has 140 valence electrons. The molecule has 2 amide bonds. The van der Waals surface area contributed by atoms with E-state index in [1.807, 2.05) is 4.90 Å². The molecule has 0 heterocycles. The van der Waals surface area contributed by atoms with E-state index in [0.717, 1.165) is 12.8 Å². The lowest BCUT2D eigenvalue weighted by atomic mass is 10.1. The number of nitrogens with one attached hydrogen (secondary N) is 1. The molecule has 0 unspecified atom stereocenters. The van der Waals surface area contributed by atoms with Crippen molar-refractivity contribution in [2.75, 3.05) is 25.5 Å². The number of carbonyl (C=O) groups is 2. The van der Waals surface area contributed by atoms with E-state index in [1.165, 1.54) is 0 Å². The molecule has 0 aromatic heterocycles. The Kier molecular flexibility index (Phi) is 8.93. The van der Waals surface area contributed by atoms with E-state index in [9.17, 15) is 9.59 Å². The summed E-state index contributed by atoms with van der Waals surface area (Å²) in [5.74, 6) is -0.0956. The SMILES string of the molecule is CC[C@@H](C)N(C(=O)CN(C)CC(=O)Nc1ccc(Cl)cc1)[C@H](C)CC. The van der Waals surface area contributed by atoms with Crippen molar-refractivity contribution < 1.29 is 9.59 Å². The van der Waals surface area contributed by atoms with Gasteiger partial charge in [-0.05, 0) is 58.0 Å². The molecule has 0 saturated heterocycles. The maximum Gasteiger partial charge on any atom is 0.238 e. The van der Waals surface area contributed by atoms with Crippen molar-refractivity contribution in [2.24, 2.45) is 0 Å². The highest BCUT2D eigenvalue weighted by Crippen LogP contribution is 2.14.